The summed E-state index contributed by atoms with van der Waals surface area (Å²) >= 11 is 0. The van der Waals surface area contributed by atoms with Gasteiger partial charge in [-0.25, -0.2) is 9.50 Å². The van der Waals surface area contributed by atoms with Gasteiger partial charge in [-0.1, -0.05) is 37.3 Å². The Hall–Kier alpha value is -2.24. The van der Waals surface area contributed by atoms with E-state index in [2.05, 4.69) is 49.1 Å². The fraction of sp³-hybridized carbons (Fsp3) is 0.455. The molecule has 0 radical (unpaired) electrons. The summed E-state index contributed by atoms with van der Waals surface area (Å²) in [4.78, 5) is 7.26. The van der Waals surface area contributed by atoms with Crippen molar-refractivity contribution in [3.63, 3.8) is 0 Å². The number of aromatic nitrogens is 3. The van der Waals surface area contributed by atoms with E-state index < -0.39 is 0 Å². The third kappa shape index (κ3) is 3.89. The van der Waals surface area contributed by atoms with Gasteiger partial charge in [0, 0.05) is 42.7 Å². The highest BCUT2D eigenvalue weighted by molar-refractivity contribution is 5.76. The van der Waals surface area contributed by atoms with Crippen LogP contribution < -0.4 is 0 Å². The third-order valence-electron chi connectivity index (χ3n) is 5.47. The molecule has 1 saturated heterocycles. The molecule has 2 aromatic heterocycles. The molecule has 1 fully saturated rings. The van der Waals surface area contributed by atoms with E-state index >= 15 is 0 Å². The molecule has 1 aliphatic rings. The van der Waals surface area contributed by atoms with Crippen molar-refractivity contribution in [2.45, 2.75) is 51.8 Å². The van der Waals surface area contributed by atoms with Crippen LogP contribution in [-0.2, 0) is 11.3 Å². The Morgan fingerprint density at radius 3 is 2.78 bits per heavy atom. The summed E-state index contributed by atoms with van der Waals surface area (Å²) in [6, 6.07) is 10.9. The molecule has 0 spiro atoms. The molecule has 3 heterocycles. The smallest absolute Gasteiger partial charge is 0.162 e. The summed E-state index contributed by atoms with van der Waals surface area (Å²) in [6.07, 6.45) is 8.17. The molecule has 0 amide bonds. The van der Waals surface area contributed by atoms with Gasteiger partial charge in [-0.3, -0.25) is 4.90 Å². The van der Waals surface area contributed by atoms with E-state index in [1.165, 1.54) is 5.56 Å². The van der Waals surface area contributed by atoms with Gasteiger partial charge in [-0.2, -0.15) is 5.10 Å². The molecule has 5 nitrogen and oxygen atoms in total. The maximum absolute atomic E-state index is 5.89. The number of hydrogen-bond acceptors (Lipinski definition) is 4. The fourth-order valence-corrected chi connectivity index (χ4v) is 4.06. The van der Waals surface area contributed by atoms with Gasteiger partial charge in [0.15, 0.2) is 5.65 Å². The number of nitrogens with zero attached hydrogens (tertiary/aromatic N) is 4. The summed E-state index contributed by atoms with van der Waals surface area (Å²) in [7, 11) is 0. The standard InChI is InChI=1S/C22H28N4O/c1-4-25(19-10-11-27-22(2,3)12-19)15-17-13-23-21-20(14-24-26(21)16-17)18-8-6-5-7-9-18/h5-9,13-14,16,19H,4,10-12,15H2,1-3H3/t19-/m0/s1. The van der Waals surface area contributed by atoms with Crippen LogP contribution in [0.25, 0.3) is 16.8 Å². The predicted molar refractivity (Wildman–Crippen MR) is 108 cm³/mol. The third-order valence-corrected chi connectivity index (χ3v) is 5.47. The lowest BCUT2D eigenvalue weighted by molar-refractivity contribution is -0.0838. The van der Waals surface area contributed by atoms with Gasteiger partial charge in [0.1, 0.15) is 0 Å². The van der Waals surface area contributed by atoms with Gasteiger partial charge in [0.05, 0.1) is 11.8 Å². The average Bonchev–Trinajstić information content (AvgIpc) is 3.09. The zero-order valence-corrected chi connectivity index (χ0v) is 16.4. The van der Waals surface area contributed by atoms with Crippen LogP contribution in [0, 0.1) is 0 Å². The van der Waals surface area contributed by atoms with Crippen molar-refractivity contribution in [1.82, 2.24) is 19.5 Å². The molecule has 4 rings (SSSR count). The molecule has 0 saturated carbocycles. The maximum Gasteiger partial charge on any atom is 0.162 e. The second-order valence-electron chi connectivity index (χ2n) is 7.97. The molecule has 3 aromatic rings. The van der Waals surface area contributed by atoms with E-state index in [4.69, 9.17) is 9.72 Å². The molecular formula is C22H28N4O. The first-order chi connectivity index (χ1) is 13.1. The van der Waals surface area contributed by atoms with Crippen LogP contribution in [0.5, 0.6) is 0 Å². The molecule has 5 heteroatoms. The summed E-state index contributed by atoms with van der Waals surface area (Å²) in [6.45, 7) is 9.36. The Morgan fingerprint density at radius 2 is 2.04 bits per heavy atom. The van der Waals surface area contributed by atoms with Gasteiger partial charge < -0.3 is 4.74 Å². The lowest BCUT2D eigenvalue weighted by Gasteiger charge is -2.41. The summed E-state index contributed by atoms with van der Waals surface area (Å²) < 4.78 is 7.79. The first-order valence-corrected chi connectivity index (χ1v) is 9.81. The maximum atomic E-state index is 5.89. The van der Waals surface area contributed by atoms with Crippen LogP contribution in [0.15, 0.2) is 48.9 Å². The Labute approximate surface area is 161 Å². The highest BCUT2D eigenvalue weighted by Crippen LogP contribution is 2.28. The van der Waals surface area contributed by atoms with E-state index in [9.17, 15) is 0 Å². The van der Waals surface area contributed by atoms with Gasteiger partial charge in [0.25, 0.3) is 0 Å². The van der Waals surface area contributed by atoms with Crippen molar-refractivity contribution >= 4 is 5.65 Å². The number of ether oxygens (including phenoxy) is 1. The SMILES string of the molecule is CCN(Cc1cnc2c(-c3ccccc3)cnn2c1)[C@H]1CCOC(C)(C)C1. The van der Waals surface area contributed by atoms with Crippen molar-refractivity contribution in [1.29, 1.82) is 0 Å². The van der Waals surface area contributed by atoms with E-state index in [0.717, 1.165) is 49.3 Å². The normalized spacial score (nSPS) is 19.6. The number of rotatable bonds is 5. The lowest BCUT2D eigenvalue weighted by atomic mass is 9.92. The zero-order chi connectivity index (χ0) is 18.9. The lowest BCUT2D eigenvalue weighted by Crippen LogP contribution is -2.45. The van der Waals surface area contributed by atoms with E-state index in [1.54, 1.807) is 0 Å². The Kier molecular flexibility index (Phi) is 4.98. The van der Waals surface area contributed by atoms with Crippen LogP contribution in [0.2, 0.25) is 0 Å². The molecule has 0 unspecified atom stereocenters. The van der Waals surface area contributed by atoms with Crippen LogP contribution in [-0.4, -0.2) is 44.3 Å². The minimum absolute atomic E-state index is 0.0366. The molecule has 27 heavy (non-hydrogen) atoms. The second kappa shape index (κ2) is 7.41. The van der Waals surface area contributed by atoms with Crippen LogP contribution >= 0.6 is 0 Å². The van der Waals surface area contributed by atoms with Crippen LogP contribution in [0.1, 0.15) is 39.2 Å². The van der Waals surface area contributed by atoms with Crippen molar-refractivity contribution in [2.24, 2.45) is 0 Å². The first kappa shape index (κ1) is 18.1. The molecule has 1 aromatic carbocycles. The minimum Gasteiger partial charge on any atom is -0.375 e. The first-order valence-electron chi connectivity index (χ1n) is 9.81. The topological polar surface area (TPSA) is 42.7 Å². The molecule has 1 atom stereocenters. The van der Waals surface area contributed by atoms with Crippen molar-refractivity contribution in [2.75, 3.05) is 13.2 Å². The fourth-order valence-electron chi connectivity index (χ4n) is 4.06. The quantitative estimate of drug-likeness (QED) is 0.681. The summed E-state index contributed by atoms with van der Waals surface area (Å²) in [5.74, 6) is 0. The predicted octanol–water partition coefficient (Wildman–Crippen LogP) is 4.18. The van der Waals surface area contributed by atoms with Gasteiger partial charge >= 0.3 is 0 Å². The average molecular weight is 364 g/mol. The minimum atomic E-state index is -0.0366. The molecular weight excluding hydrogens is 336 g/mol. The van der Waals surface area contributed by atoms with Crippen molar-refractivity contribution in [3.8, 4) is 11.1 Å². The molecule has 0 N–H and O–H groups in total. The molecule has 142 valence electrons. The zero-order valence-electron chi connectivity index (χ0n) is 16.4. The summed E-state index contributed by atoms with van der Waals surface area (Å²) in [5, 5.41) is 4.54. The molecule has 1 aliphatic heterocycles. The number of fused-ring (bicyclic) bond motifs is 1. The second-order valence-corrected chi connectivity index (χ2v) is 7.97. The van der Waals surface area contributed by atoms with Gasteiger partial charge in [-0.05, 0) is 38.8 Å². The van der Waals surface area contributed by atoms with Gasteiger partial charge in [0.2, 0.25) is 0 Å². The van der Waals surface area contributed by atoms with Crippen LogP contribution in [0.3, 0.4) is 0 Å². The molecule has 0 bridgehead atoms. The van der Waals surface area contributed by atoms with Crippen molar-refractivity contribution < 1.29 is 4.74 Å². The highest BCUT2D eigenvalue weighted by atomic mass is 16.5. The Bertz CT molecular complexity index is 903. The Morgan fingerprint density at radius 1 is 1.22 bits per heavy atom. The monoisotopic (exact) mass is 364 g/mol. The Balaban J connectivity index is 1.55. The van der Waals surface area contributed by atoms with Crippen molar-refractivity contribution in [3.05, 3.63) is 54.5 Å². The summed E-state index contributed by atoms with van der Waals surface area (Å²) in [5.41, 5.74) is 4.27. The highest BCUT2D eigenvalue weighted by Gasteiger charge is 2.31. The van der Waals surface area contributed by atoms with E-state index in [-0.39, 0.29) is 5.60 Å². The van der Waals surface area contributed by atoms with Gasteiger partial charge in [-0.15, -0.1) is 0 Å². The molecule has 0 aliphatic carbocycles. The van der Waals surface area contributed by atoms with E-state index in [0.29, 0.717) is 6.04 Å². The van der Waals surface area contributed by atoms with Crippen LogP contribution in [0.4, 0.5) is 0 Å². The largest absolute Gasteiger partial charge is 0.375 e. The van der Waals surface area contributed by atoms with E-state index in [1.807, 2.05) is 35.1 Å². The number of hydrogen-bond donors (Lipinski definition) is 0. The number of benzene rings is 1.